The normalized spacial score (nSPS) is 10.8. The summed E-state index contributed by atoms with van der Waals surface area (Å²) in [6, 6.07) is 12.9. The van der Waals surface area contributed by atoms with Crippen molar-refractivity contribution in [3.05, 3.63) is 66.6 Å². The number of amides is 1. The predicted molar refractivity (Wildman–Crippen MR) is 88.1 cm³/mol. The number of hydrogen-bond acceptors (Lipinski definition) is 3. The molecule has 0 aliphatic heterocycles. The molecule has 0 saturated heterocycles. The van der Waals surface area contributed by atoms with Gasteiger partial charge in [0.1, 0.15) is 5.82 Å². The molecule has 0 radical (unpaired) electrons. The Bertz CT molecular complexity index is 954. The molecule has 23 heavy (non-hydrogen) atoms. The van der Waals surface area contributed by atoms with E-state index in [1.165, 1.54) is 0 Å². The van der Waals surface area contributed by atoms with Crippen LogP contribution in [0.25, 0.3) is 22.3 Å². The highest BCUT2D eigenvalue weighted by Crippen LogP contribution is 2.19. The Hall–Kier alpha value is -3.41. The molecule has 0 spiro atoms. The van der Waals surface area contributed by atoms with Crippen LogP contribution in [0.1, 0.15) is 10.4 Å². The van der Waals surface area contributed by atoms with Gasteiger partial charge < -0.3 is 10.3 Å². The van der Waals surface area contributed by atoms with Gasteiger partial charge in [0, 0.05) is 34.6 Å². The van der Waals surface area contributed by atoms with E-state index < -0.39 is 0 Å². The number of nitrogens with one attached hydrogen (secondary N) is 3. The van der Waals surface area contributed by atoms with Gasteiger partial charge in [-0.3, -0.25) is 9.89 Å². The molecule has 4 aromatic rings. The van der Waals surface area contributed by atoms with Crippen molar-refractivity contribution in [2.24, 2.45) is 0 Å². The predicted octanol–water partition coefficient (Wildman–Crippen LogP) is 3.21. The number of anilines is 1. The lowest BCUT2D eigenvalue weighted by molar-refractivity contribution is 0.102. The summed E-state index contributed by atoms with van der Waals surface area (Å²) < 4.78 is 0. The van der Waals surface area contributed by atoms with Gasteiger partial charge in [-0.1, -0.05) is 12.1 Å². The second-order valence-corrected chi connectivity index (χ2v) is 5.14. The number of hydrogen-bond donors (Lipinski definition) is 3. The van der Waals surface area contributed by atoms with Crippen molar-refractivity contribution in [3.8, 4) is 11.4 Å². The third kappa shape index (κ3) is 2.57. The largest absolute Gasteiger partial charge is 0.345 e. The van der Waals surface area contributed by atoms with Crippen molar-refractivity contribution in [2.45, 2.75) is 0 Å². The van der Waals surface area contributed by atoms with Crippen LogP contribution in [0.4, 0.5) is 5.69 Å². The average Bonchev–Trinajstić information content (AvgIpc) is 3.26. The van der Waals surface area contributed by atoms with Crippen molar-refractivity contribution in [1.82, 2.24) is 20.2 Å². The zero-order chi connectivity index (χ0) is 15.6. The number of rotatable bonds is 3. The molecular formula is C17H13N5O. The third-order valence-electron chi connectivity index (χ3n) is 3.62. The molecule has 0 unspecified atom stereocenters. The Morgan fingerprint density at radius 2 is 1.96 bits per heavy atom. The Labute approximate surface area is 131 Å². The van der Waals surface area contributed by atoms with Gasteiger partial charge in [0.05, 0.1) is 11.7 Å². The molecule has 0 saturated carbocycles. The van der Waals surface area contributed by atoms with Crippen molar-refractivity contribution < 1.29 is 4.79 Å². The van der Waals surface area contributed by atoms with Gasteiger partial charge in [-0.05, 0) is 30.3 Å². The van der Waals surface area contributed by atoms with Crippen LogP contribution in [0.3, 0.4) is 0 Å². The van der Waals surface area contributed by atoms with Gasteiger partial charge in [-0.2, -0.15) is 5.10 Å². The number of carbonyl (C=O) groups is 1. The molecule has 0 atom stereocenters. The summed E-state index contributed by atoms with van der Waals surface area (Å²) in [5, 5.41) is 10.7. The van der Waals surface area contributed by atoms with Gasteiger partial charge in [-0.15, -0.1) is 0 Å². The fraction of sp³-hybridized carbons (Fsp3) is 0. The number of aromatic amines is 2. The summed E-state index contributed by atoms with van der Waals surface area (Å²) in [4.78, 5) is 19.5. The van der Waals surface area contributed by atoms with Crippen LogP contribution in [0.5, 0.6) is 0 Å². The monoisotopic (exact) mass is 303 g/mol. The summed E-state index contributed by atoms with van der Waals surface area (Å²) in [6.07, 6.45) is 5.21. The lowest BCUT2D eigenvalue weighted by atomic mass is 10.1. The van der Waals surface area contributed by atoms with E-state index in [-0.39, 0.29) is 5.91 Å². The van der Waals surface area contributed by atoms with E-state index in [9.17, 15) is 4.79 Å². The van der Waals surface area contributed by atoms with Gasteiger partial charge in [0.2, 0.25) is 0 Å². The molecule has 4 rings (SSSR count). The highest BCUT2D eigenvalue weighted by molar-refractivity contribution is 6.05. The van der Waals surface area contributed by atoms with Crippen LogP contribution in [0.15, 0.2) is 61.1 Å². The Kier molecular flexibility index (Phi) is 3.12. The first-order chi connectivity index (χ1) is 11.3. The number of fused-ring (bicyclic) bond motifs is 1. The zero-order valence-electron chi connectivity index (χ0n) is 12.1. The number of aromatic nitrogens is 4. The van der Waals surface area contributed by atoms with E-state index in [0.717, 1.165) is 28.0 Å². The molecule has 0 fully saturated rings. The van der Waals surface area contributed by atoms with Gasteiger partial charge in [0.15, 0.2) is 0 Å². The topological polar surface area (TPSA) is 86.5 Å². The molecule has 0 bridgehead atoms. The second kappa shape index (κ2) is 5.42. The molecular weight excluding hydrogens is 290 g/mol. The number of carbonyl (C=O) groups excluding carboxylic acids is 1. The van der Waals surface area contributed by atoms with E-state index in [1.807, 2.05) is 30.3 Å². The quantitative estimate of drug-likeness (QED) is 0.543. The van der Waals surface area contributed by atoms with Crippen LogP contribution in [-0.2, 0) is 0 Å². The highest BCUT2D eigenvalue weighted by Gasteiger charge is 2.08. The maximum Gasteiger partial charge on any atom is 0.255 e. The Morgan fingerprint density at radius 1 is 1.09 bits per heavy atom. The first-order valence-corrected chi connectivity index (χ1v) is 7.14. The molecule has 2 aromatic carbocycles. The third-order valence-corrected chi connectivity index (χ3v) is 3.62. The molecule has 112 valence electrons. The summed E-state index contributed by atoms with van der Waals surface area (Å²) in [5.41, 5.74) is 3.13. The van der Waals surface area contributed by atoms with Crippen LogP contribution in [0, 0.1) is 0 Å². The molecule has 2 aromatic heterocycles. The Balaban J connectivity index is 1.54. The number of nitrogens with zero attached hydrogens (tertiary/aromatic N) is 2. The van der Waals surface area contributed by atoms with Crippen LogP contribution in [0.2, 0.25) is 0 Å². The lowest BCUT2D eigenvalue weighted by Crippen LogP contribution is -2.11. The summed E-state index contributed by atoms with van der Waals surface area (Å²) >= 11 is 0. The molecule has 1 amide bonds. The van der Waals surface area contributed by atoms with Gasteiger partial charge >= 0.3 is 0 Å². The van der Waals surface area contributed by atoms with Crippen LogP contribution < -0.4 is 5.32 Å². The Morgan fingerprint density at radius 3 is 2.74 bits per heavy atom. The highest BCUT2D eigenvalue weighted by atomic mass is 16.1. The molecule has 0 aliphatic carbocycles. The summed E-state index contributed by atoms with van der Waals surface area (Å²) in [5.74, 6) is 0.622. The smallest absolute Gasteiger partial charge is 0.255 e. The van der Waals surface area contributed by atoms with E-state index in [4.69, 9.17) is 0 Å². The summed E-state index contributed by atoms with van der Waals surface area (Å²) in [7, 11) is 0. The minimum Gasteiger partial charge on any atom is -0.345 e. The number of imidazole rings is 1. The first kappa shape index (κ1) is 13.3. The molecule has 6 heteroatoms. The molecule has 3 N–H and O–H groups in total. The van der Waals surface area contributed by atoms with Gasteiger partial charge in [-0.25, -0.2) is 4.98 Å². The first-order valence-electron chi connectivity index (χ1n) is 7.14. The van der Waals surface area contributed by atoms with Crippen molar-refractivity contribution >= 4 is 22.5 Å². The zero-order valence-corrected chi connectivity index (χ0v) is 12.1. The van der Waals surface area contributed by atoms with E-state index in [1.54, 1.807) is 30.7 Å². The van der Waals surface area contributed by atoms with Crippen molar-refractivity contribution in [2.75, 3.05) is 5.32 Å². The van der Waals surface area contributed by atoms with Gasteiger partial charge in [0.25, 0.3) is 5.91 Å². The molecule has 0 aliphatic rings. The van der Waals surface area contributed by atoms with E-state index >= 15 is 0 Å². The summed E-state index contributed by atoms with van der Waals surface area (Å²) in [6.45, 7) is 0. The maximum atomic E-state index is 12.3. The number of H-pyrrole nitrogens is 2. The van der Waals surface area contributed by atoms with E-state index in [0.29, 0.717) is 5.56 Å². The minimum absolute atomic E-state index is 0.158. The second-order valence-electron chi connectivity index (χ2n) is 5.14. The molecule has 2 heterocycles. The maximum absolute atomic E-state index is 12.3. The van der Waals surface area contributed by atoms with Crippen LogP contribution >= 0.6 is 0 Å². The SMILES string of the molecule is O=C(Nc1ccc2cn[nH]c2c1)c1ccc(-c2ncc[nH]2)cc1. The standard InChI is InChI=1S/C17H13N5O/c23-17(21-14-6-5-13-10-20-22-15(13)9-14)12-3-1-11(2-4-12)16-18-7-8-19-16/h1-10H,(H,18,19)(H,20,22)(H,21,23). The van der Waals surface area contributed by atoms with E-state index in [2.05, 4.69) is 25.5 Å². The average molecular weight is 303 g/mol. The lowest BCUT2D eigenvalue weighted by Gasteiger charge is -2.06. The number of benzene rings is 2. The fourth-order valence-corrected chi connectivity index (χ4v) is 2.42. The van der Waals surface area contributed by atoms with Crippen molar-refractivity contribution in [3.63, 3.8) is 0 Å². The fourth-order valence-electron chi connectivity index (χ4n) is 2.42. The molecule has 6 nitrogen and oxygen atoms in total. The van der Waals surface area contributed by atoms with Crippen LogP contribution in [-0.4, -0.2) is 26.1 Å². The minimum atomic E-state index is -0.158. The van der Waals surface area contributed by atoms with Crippen molar-refractivity contribution in [1.29, 1.82) is 0 Å².